The van der Waals surface area contributed by atoms with E-state index in [1.165, 1.54) is 19.2 Å². The molecule has 20 heavy (non-hydrogen) atoms. The van der Waals surface area contributed by atoms with Gasteiger partial charge in [-0.15, -0.1) is 0 Å². The van der Waals surface area contributed by atoms with Crippen molar-refractivity contribution in [1.82, 2.24) is 5.32 Å². The second kappa shape index (κ2) is 7.66. The number of ether oxygens (including phenoxy) is 1. The summed E-state index contributed by atoms with van der Waals surface area (Å²) in [5, 5.41) is 16.4. The largest absolute Gasteiger partial charge is 0.385 e. The zero-order valence-electron chi connectivity index (χ0n) is 11.2. The van der Waals surface area contributed by atoms with Crippen molar-refractivity contribution < 1.29 is 14.5 Å². The van der Waals surface area contributed by atoms with Gasteiger partial charge in [0.05, 0.1) is 9.95 Å². The molecule has 0 aliphatic rings. The first-order chi connectivity index (χ1) is 9.51. The molecule has 2 N–H and O–H groups in total. The number of nitro groups is 1. The summed E-state index contributed by atoms with van der Waals surface area (Å²) >= 11 is 5.94. The molecule has 1 amide bonds. The molecule has 0 radical (unpaired) electrons. The lowest BCUT2D eigenvalue weighted by atomic mass is 10.1. The number of carbonyl (C=O) groups excluding carboxylic acids is 1. The van der Waals surface area contributed by atoms with Gasteiger partial charge in [-0.1, -0.05) is 11.6 Å². The van der Waals surface area contributed by atoms with Crippen LogP contribution in [0.15, 0.2) is 12.1 Å². The quantitative estimate of drug-likeness (QED) is 0.457. The third kappa shape index (κ3) is 4.07. The molecule has 0 aliphatic carbocycles. The maximum Gasteiger partial charge on any atom is 0.294 e. The molecule has 0 saturated carbocycles. The predicted octanol–water partition coefficient (Wildman–Crippen LogP) is 2.06. The molecule has 0 aromatic heterocycles. The van der Waals surface area contributed by atoms with Crippen LogP contribution in [0.2, 0.25) is 5.02 Å². The van der Waals surface area contributed by atoms with Crippen molar-refractivity contribution in [3.05, 3.63) is 32.8 Å². The Kier molecular flexibility index (Phi) is 6.20. The van der Waals surface area contributed by atoms with E-state index in [2.05, 4.69) is 10.6 Å². The van der Waals surface area contributed by atoms with Gasteiger partial charge in [-0.25, -0.2) is 0 Å². The van der Waals surface area contributed by atoms with Crippen LogP contribution < -0.4 is 10.6 Å². The molecule has 7 nitrogen and oxygen atoms in total. The molecular weight excluding hydrogens is 286 g/mol. The SMILES string of the molecule is CNc1c(Cl)cc(C(=O)NCCCOC)cc1[N+](=O)[O-]. The standard InChI is InChI=1S/C12H16ClN3O4/c1-14-11-9(13)6-8(7-10(11)16(18)19)12(17)15-4-3-5-20-2/h6-7,14H,3-5H2,1-2H3,(H,15,17). The van der Waals surface area contributed by atoms with E-state index in [1.54, 1.807) is 7.11 Å². The van der Waals surface area contributed by atoms with Gasteiger partial charge in [0, 0.05) is 38.9 Å². The molecule has 0 spiro atoms. The maximum absolute atomic E-state index is 11.9. The summed E-state index contributed by atoms with van der Waals surface area (Å²) in [4.78, 5) is 22.3. The van der Waals surface area contributed by atoms with Gasteiger partial charge in [-0.05, 0) is 12.5 Å². The van der Waals surface area contributed by atoms with Crippen LogP contribution in [0.3, 0.4) is 0 Å². The monoisotopic (exact) mass is 301 g/mol. The molecule has 0 aliphatic heterocycles. The van der Waals surface area contributed by atoms with E-state index < -0.39 is 10.8 Å². The molecule has 110 valence electrons. The lowest BCUT2D eigenvalue weighted by Gasteiger charge is -2.08. The molecule has 1 rings (SSSR count). The van der Waals surface area contributed by atoms with Gasteiger partial charge in [0.15, 0.2) is 0 Å². The fourth-order valence-corrected chi connectivity index (χ4v) is 1.94. The molecule has 0 unspecified atom stereocenters. The van der Waals surface area contributed by atoms with Crippen LogP contribution >= 0.6 is 11.6 Å². The van der Waals surface area contributed by atoms with Gasteiger partial charge in [0.25, 0.3) is 11.6 Å². The van der Waals surface area contributed by atoms with E-state index in [9.17, 15) is 14.9 Å². The number of anilines is 1. The predicted molar refractivity (Wildman–Crippen MR) is 76.5 cm³/mol. The van der Waals surface area contributed by atoms with Gasteiger partial charge in [0.1, 0.15) is 5.69 Å². The van der Waals surface area contributed by atoms with Crippen molar-refractivity contribution in [3.63, 3.8) is 0 Å². The van der Waals surface area contributed by atoms with Crippen LogP contribution in [-0.2, 0) is 4.74 Å². The van der Waals surface area contributed by atoms with Gasteiger partial charge in [-0.2, -0.15) is 0 Å². The molecule has 0 heterocycles. The van der Waals surface area contributed by atoms with E-state index in [0.29, 0.717) is 19.6 Å². The Balaban J connectivity index is 2.90. The number of carbonyl (C=O) groups is 1. The molecular formula is C12H16ClN3O4. The average molecular weight is 302 g/mol. The number of halogens is 1. The van der Waals surface area contributed by atoms with Crippen LogP contribution in [0.1, 0.15) is 16.8 Å². The summed E-state index contributed by atoms with van der Waals surface area (Å²) in [5.74, 6) is -0.409. The first kappa shape index (κ1) is 16.2. The Morgan fingerprint density at radius 3 is 2.75 bits per heavy atom. The summed E-state index contributed by atoms with van der Waals surface area (Å²) in [5.41, 5.74) is 0.104. The van der Waals surface area contributed by atoms with Crippen molar-refractivity contribution in [1.29, 1.82) is 0 Å². The Bertz CT molecular complexity index is 508. The molecule has 1 aromatic carbocycles. The van der Waals surface area contributed by atoms with Gasteiger partial charge < -0.3 is 15.4 Å². The second-order valence-corrected chi connectivity index (χ2v) is 4.37. The number of hydrogen-bond acceptors (Lipinski definition) is 5. The van der Waals surface area contributed by atoms with Crippen molar-refractivity contribution in [2.75, 3.05) is 32.6 Å². The van der Waals surface area contributed by atoms with Gasteiger partial charge in [0.2, 0.25) is 0 Å². The summed E-state index contributed by atoms with van der Waals surface area (Å²) in [7, 11) is 3.10. The molecule has 1 aromatic rings. The molecule has 0 bridgehead atoms. The van der Waals surface area contributed by atoms with Gasteiger partial charge >= 0.3 is 0 Å². The van der Waals surface area contributed by atoms with E-state index in [1.807, 2.05) is 0 Å². The lowest BCUT2D eigenvalue weighted by molar-refractivity contribution is -0.383. The van der Waals surface area contributed by atoms with Crippen molar-refractivity contribution in [2.24, 2.45) is 0 Å². The zero-order valence-corrected chi connectivity index (χ0v) is 12.0. The summed E-state index contributed by atoms with van der Waals surface area (Å²) in [6, 6.07) is 2.59. The lowest BCUT2D eigenvalue weighted by Crippen LogP contribution is -2.25. The summed E-state index contributed by atoms with van der Waals surface area (Å²) in [6.07, 6.45) is 0.659. The fraction of sp³-hybridized carbons (Fsp3) is 0.417. The molecule has 8 heteroatoms. The van der Waals surface area contributed by atoms with Crippen molar-refractivity contribution >= 4 is 28.9 Å². The van der Waals surface area contributed by atoms with E-state index in [4.69, 9.17) is 16.3 Å². The van der Waals surface area contributed by atoms with Crippen molar-refractivity contribution in [2.45, 2.75) is 6.42 Å². The van der Waals surface area contributed by atoms with Crippen LogP contribution in [0.5, 0.6) is 0 Å². The Labute approximate surface area is 121 Å². The van der Waals surface area contributed by atoms with Crippen LogP contribution in [-0.4, -0.2) is 38.1 Å². The van der Waals surface area contributed by atoms with E-state index in [0.717, 1.165) is 0 Å². The third-order valence-corrected chi connectivity index (χ3v) is 2.89. The highest BCUT2D eigenvalue weighted by molar-refractivity contribution is 6.34. The van der Waals surface area contributed by atoms with Crippen molar-refractivity contribution in [3.8, 4) is 0 Å². The minimum absolute atomic E-state index is 0.128. The number of benzene rings is 1. The minimum atomic E-state index is -0.584. The number of methoxy groups -OCH3 is 1. The average Bonchev–Trinajstić information content (AvgIpc) is 2.42. The Morgan fingerprint density at radius 1 is 1.50 bits per heavy atom. The maximum atomic E-state index is 11.9. The van der Waals surface area contributed by atoms with E-state index in [-0.39, 0.29) is 22.0 Å². The number of nitrogens with zero attached hydrogens (tertiary/aromatic N) is 1. The number of hydrogen-bond donors (Lipinski definition) is 2. The van der Waals surface area contributed by atoms with Crippen LogP contribution in [0.25, 0.3) is 0 Å². The highest BCUT2D eigenvalue weighted by Gasteiger charge is 2.20. The third-order valence-electron chi connectivity index (χ3n) is 2.59. The minimum Gasteiger partial charge on any atom is -0.385 e. The zero-order chi connectivity index (χ0) is 15.1. The summed E-state index contributed by atoms with van der Waals surface area (Å²) in [6.45, 7) is 0.950. The molecule has 0 atom stereocenters. The topological polar surface area (TPSA) is 93.5 Å². The Morgan fingerprint density at radius 2 is 2.20 bits per heavy atom. The first-order valence-corrected chi connectivity index (χ1v) is 6.32. The fourth-order valence-electron chi connectivity index (χ4n) is 1.64. The highest BCUT2D eigenvalue weighted by atomic mass is 35.5. The summed E-state index contributed by atoms with van der Waals surface area (Å²) < 4.78 is 4.86. The van der Waals surface area contributed by atoms with E-state index >= 15 is 0 Å². The normalized spacial score (nSPS) is 10.2. The number of nitro benzene ring substituents is 1. The highest BCUT2D eigenvalue weighted by Crippen LogP contribution is 2.33. The van der Waals surface area contributed by atoms with Crippen LogP contribution in [0.4, 0.5) is 11.4 Å². The van der Waals surface area contributed by atoms with Gasteiger partial charge in [-0.3, -0.25) is 14.9 Å². The Hall–Kier alpha value is -1.86. The molecule has 0 fully saturated rings. The number of rotatable bonds is 7. The number of nitrogens with one attached hydrogen (secondary N) is 2. The first-order valence-electron chi connectivity index (χ1n) is 5.94. The number of amides is 1. The second-order valence-electron chi connectivity index (χ2n) is 3.96. The molecule has 0 saturated heterocycles. The smallest absolute Gasteiger partial charge is 0.294 e. The van der Waals surface area contributed by atoms with Crippen LogP contribution in [0, 0.1) is 10.1 Å².